The summed E-state index contributed by atoms with van der Waals surface area (Å²) in [5.41, 5.74) is 1.30. The van der Waals surface area contributed by atoms with Crippen LogP contribution in [-0.4, -0.2) is 22.9 Å². The average Bonchev–Trinajstić information content (AvgIpc) is 2.91. The predicted octanol–water partition coefficient (Wildman–Crippen LogP) is 3.74. The molecule has 1 aliphatic carbocycles. The van der Waals surface area contributed by atoms with Crippen LogP contribution in [0.25, 0.3) is 0 Å². The van der Waals surface area contributed by atoms with Crippen molar-refractivity contribution in [1.82, 2.24) is 10.2 Å². The summed E-state index contributed by atoms with van der Waals surface area (Å²) in [5.74, 6) is 0.218. The lowest BCUT2D eigenvalue weighted by atomic mass is 9.86. The van der Waals surface area contributed by atoms with E-state index in [1.165, 1.54) is 12.8 Å². The Kier molecular flexibility index (Phi) is 3.74. The van der Waals surface area contributed by atoms with Crippen molar-refractivity contribution in [3.8, 4) is 0 Å². The number of hydrogen-bond acceptors (Lipinski definition) is 2. The summed E-state index contributed by atoms with van der Waals surface area (Å²) in [4.78, 5) is 14.8. The van der Waals surface area contributed by atoms with Gasteiger partial charge in [-0.3, -0.25) is 10.1 Å². The number of halogens is 1. The van der Waals surface area contributed by atoms with Crippen LogP contribution in [0.4, 0.5) is 0 Å². The van der Waals surface area contributed by atoms with Gasteiger partial charge < -0.3 is 4.90 Å². The molecule has 1 N–H and O–H groups in total. The molecule has 3 nitrogen and oxygen atoms in total. The van der Waals surface area contributed by atoms with Crippen LogP contribution in [0.5, 0.6) is 0 Å². The molecule has 1 amide bonds. The molecule has 4 heteroatoms. The molecule has 0 radical (unpaired) electrons. The summed E-state index contributed by atoms with van der Waals surface area (Å²) in [7, 11) is 0. The fourth-order valence-corrected chi connectivity index (χ4v) is 3.92. The van der Waals surface area contributed by atoms with E-state index < -0.39 is 0 Å². The van der Waals surface area contributed by atoms with E-state index in [1.54, 1.807) is 0 Å². The fraction of sp³-hybridized carbons (Fsp3) is 0.588. The smallest absolute Gasteiger partial charge is 0.241 e. The molecule has 21 heavy (non-hydrogen) atoms. The van der Waals surface area contributed by atoms with Crippen molar-refractivity contribution >= 4 is 17.5 Å². The maximum Gasteiger partial charge on any atom is 0.241 e. The first kappa shape index (κ1) is 14.9. The van der Waals surface area contributed by atoms with Crippen LogP contribution in [0.3, 0.4) is 0 Å². The minimum Gasteiger partial charge on any atom is -0.318 e. The Bertz CT molecular complexity index is 540. The van der Waals surface area contributed by atoms with Crippen LogP contribution < -0.4 is 5.32 Å². The van der Waals surface area contributed by atoms with Crippen molar-refractivity contribution in [2.24, 2.45) is 5.41 Å². The molecule has 1 saturated carbocycles. The normalized spacial score (nSPS) is 31.9. The number of carbonyl (C=O) groups is 1. The molecular weight excluding hydrogens is 284 g/mol. The van der Waals surface area contributed by atoms with E-state index in [4.69, 9.17) is 11.6 Å². The van der Waals surface area contributed by atoms with Crippen molar-refractivity contribution in [2.45, 2.75) is 58.3 Å². The van der Waals surface area contributed by atoms with Gasteiger partial charge in [-0.15, -0.1) is 0 Å². The number of benzene rings is 1. The zero-order chi connectivity index (χ0) is 15.2. The highest BCUT2D eigenvalue weighted by molar-refractivity contribution is 6.30. The zero-order valence-corrected chi connectivity index (χ0v) is 13.7. The second kappa shape index (κ2) is 5.29. The van der Waals surface area contributed by atoms with Crippen LogP contribution in [0, 0.1) is 5.41 Å². The molecule has 0 aromatic heterocycles. The molecule has 3 atom stereocenters. The molecule has 3 rings (SSSR count). The molecule has 1 aromatic rings. The third-order valence-corrected chi connectivity index (χ3v) is 5.29. The standard InChI is InChI=1S/C17H23ClN2O/c1-11-16(21)20(14-5-4-10-17(14,2)3)15(19-11)12-6-8-13(18)9-7-12/h6-9,11,14-15,19H,4-5,10H2,1-3H3. The molecule has 2 fully saturated rings. The summed E-state index contributed by atoms with van der Waals surface area (Å²) in [5, 5.41) is 4.16. The number of amides is 1. The van der Waals surface area contributed by atoms with E-state index in [9.17, 15) is 4.79 Å². The van der Waals surface area contributed by atoms with E-state index in [-0.39, 0.29) is 23.5 Å². The maximum absolute atomic E-state index is 12.7. The van der Waals surface area contributed by atoms with Gasteiger partial charge in [-0.25, -0.2) is 0 Å². The van der Waals surface area contributed by atoms with Gasteiger partial charge in [-0.05, 0) is 42.9 Å². The molecule has 0 spiro atoms. The van der Waals surface area contributed by atoms with Gasteiger partial charge in [-0.2, -0.15) is 0 Å². The summed E-state index contributed by atoms with van der Waals surface area (Å²) in [6.07, 6.45) is 3.44. The van der Waals surface area contributed by atoms with E-state index in [1.807, 2.05) is 31.2 Å². The first-order valence-electron chi connectivity index (χ1n) is 7.74. The third-order valence-electron chi connectivity index (χ3n) is 5.03. The van der Waals surface area contributed by atoms with Gasteiger partial charge in [0.1, 0.15) is 6.17 Å². The maximum atomic E-state index is 12.7. The van der Waals surface area contributed by atoms with Crippen molar-refractivity contribution < 1.29 is 4.79 Å². The molecule has 1 heterocycles. The monoisotopic (exact) mass is 306 g/mol. The highest BCUT2D eigenvalue weighted by atomic mass is 35.5. The third kappa shape index (κ3) is 2.58. The predicted molar refractivity (Wildman–Crippen MR) is 85.1 cm³/mol. The Balaban J connectivity index is 1.95. The lowest BCUT2D eigenvalue weighted by molar-refractivity contribution is -0.134. The topological polar surface area (TPSA) is 32.3 Å². The van der Waals surface area contributed by atoms with Gasteiger partial charge in [0.05, 0.1) is 6.04 Å². The lowest BCUT2D eigenvalue weighted by Crippen LogP contribution is -2.45. The van der Waals surface area contributed by atoms with E-state index in [0.717, 1.165) is 17.0 Å². The molecular formula is C17H23ClN2O. The second-order valence-corrected chi connectivity index (χ2v) is 7.42. The van der Waals surface area contributed by atoms with Crippen molar-refractivity contribution in [3.05, 3.63) is 34.9 Å². The number of hydrogen-bond donors (Lipinski definition) is 1. The quantitative estimate of drug-likeness (QED) is 0.903. The number of nitrogens with zero attached hydrogens (tertiary/aromatic N) is 1. The lowest BCUT2D eigenvalue weighted by Gasteiger charge is -2.38. The molecule has 0 bridgehead atoms. The second-order valence-electron chi connectivity index (χ2n) is 6.98. The van der Waals surface area contributed by atoms with Gasteiger partial charge >= 0.3 is 0 Å². The first-order valence-corrected chi connectivity index (χ1v) is 8.11. The van der Waals surface area contributed by atoms with Crippen LogP contribution in [-0.2, 0) is 4.79 Å². The Morgan fingerprint density at radius 1 is 1.29 bits per heavy atom. The van der Waals surface area contributed by atoms with Gasteiger partial charge in [0.15, 0.2) is 0 Å². The minimum absolute atomic E-state index is 0.0351. The number of nitrogens with one attached hydrogen (secondary N) is 1. The van der Waals surface area contributed by atoms with Gasteiger partial charge in [-0.1, -0.05) is 44.0 Å². The highest BCUT2D eigenvalue weighted by Crippen LogP contribution is 2.44. The average molecular weight is 307 g/mol. The minimum atomic E-state index is -0.123. The van der Waals surface area contributed by atoms with E-state index >= 15 is 0 Å². The molecule has 1 saturated heterocycles. The van der Waals surface area contributed by atoms with Gasteiger partial charge in [0, 0.05) is 11.1 Å². The number of rotatable bonds is 2. The van der Waals surface area contributed by atoms with E-state index in [2.05, 4.69) is 24.1 Å². The Hall–Kier alpha value is -1.06. The summed E-state index contributed by atoms with van der Waals surface area (Å²) >= 11 is 5.98. The van der Waals surface area contributed by atoms with E-state index in [0.29, 0.717) is 6.04 Å². The molecule has 114 valence electrons. The molecule has 3 unspecified atom stereocenters. The molecule has 2 aliphatic rings. The van der Waals surface area contributed by atoms with Crippen molar-refractivity contribution in [1.29, 1.82) is 0 Å². The highest BCUT2D eigenvalue weighted by Gasteiger charge is 2.48. The fourth-order valence-electron chi connectivity index (χ4n) is 3.80. The summed E-state index contributed by atoms with van der Waals surface area (Å²) in [6.45, 7) is 6.51. The van der Waals surface area contributed by atoms with Crippen LogP contribution >= 0.6 is 11.6 Å². The van der Waals surface area contributed by atoms with Crippen molar-refractivity contribution in [2.75, 3.05) is 0 Å². The summed E-state index contributed by atoms with van der Waals surface area (Å²) < 4.78 is 0. The molecule has 1 aromatic carbocycles. The molecule has 1 aliphatic heterocycles. The van der Waals surface area contributed by atoms with Crippen molar-refractivity contribution in [3.63, 3.8) is 0 Å². The Labute approximate surface area is 131 Å². The van der Waals surface area contributed by atoms with Crippen LogP contribution in [0.2, 0.25) is 5.02 Å². The largest absolute Gasteiger partial charge is 0.318 e. The van der Waals surface area contributed by atoms with Crippen LogP contribution in [0.1, 0.15) is 51.8 Å². The van der Waals surface area contributed by atoms with Gasteiger partial charge in [0.25, 0.3) is 0 Å². The Morgan fingerprint density at radius 2 is 1.95 bits per heavy atom. The Morgan fingerprint density at radius 3 is 2.52 bits per heavy atom. The van der Waals surface area contributed by atoms with Crippen LogP contribution in [0.15, 0.2) is 24.3 Å². The van der Waals surface area contributed by atoms with Gasteiger partial charge in [0.2, 0.25) is 5.91 Å². The number of carbonyl (C=O) groups excluding carboxylic acids is 1. The summed E-state index contributed by atoms with van der Waals surface area (Å²) in [6, 6.07) is 8.00. The first-order chi connectivity index (χ1) is 9.90. The zero-order valence-electron chi connectivity index (χ0n) is 12.9. The SMILES string of the molecule is CC1NC(c2ccc(Cl)cc2)N(C2CCCC2(C)C)C1=O.